The summed E-state index contributed by atoms with van der Waals surface area (Å²) in [4.78, 5) is 0. The predicted octanol–water partition coefficient (Wildman–Crippen LogP) is 6.13. The van der Waals surface area contributed by atoms with Crippen LogP contribution in [0.2, 0.25) is 0 Å². The van der Waals surface area contributed by atoms with Gasteiger partial charge in [-0.15, -0.1) is 0 Å². The summed E-state index contributed by atoms with van der Waals surface area (Å²) >= 11 is -1.58. The van der Waals surface area contributed by atoms with Gasteiger partial charge in [0.25, 0.3) is 0 Å². The van der Waals surface area contributed by atoms with E-state index in [9.17, 15) is 0 Å². The van der Waals surface area contributed by atoms with Crippen molar-refractivity contribution in [2.75, 3.05) is 0 Å². The Labute approximate surface area is 183 Å². The molecule has 29 heavy (non-hydrogen) atoms. The first-order valence-electron chi connectivity index (χ1n) is 9.68. The van der Waals surface area contributed by atoms with Gasteiger partial charge in [-0.25, -0.2) is 0 Å². The fourth-order valence-electron chi connectivity index (χ4n) is 3.29. The topological polar surface area (TPSA) is 18.5 Å². The molecule has 142 valence electrons. The van der Waals surface area contributed by atoms with Crippen LogP contribution in [0.25, 0.3) is 0 Å². The second-order valence-electron chi connectivity index (χ2n) is 6.72. The second kappa shape index (κ2) is 10.4. The van der Waals surface area contributed by atoms with E-state index >= 15 is 0 Å². The summed E-state index contributed by atoms with van der Waals surface area (Å²) < 4.78 is 12.9. The molecule has 0 bridgehead atoms. The molecule has 0 aliphatic rings. The molecule has 0 atom stereocenters. The number of hydrogen-bond acceptors (Lipinski definition) is 2. The Kier molecular flexibility index (Phi) is 7.13. The SMILES string of the molecule is c1ccc(C([O][Sn][O]C(c2ccccc2)c2ccccc2)c2ccccc2)cc1. The van der Waals surface area contributed by atoms with Crippen molar-refractivity contribution in [3.05, 3.63) is 144 Å². The molecule has 3 heteroatoms. The van der Waals surface area contributed by atoms with Crippen molar-refractivity contribution in [3.63, 3.8) is 0 Å². The van der Waals surface area contributed by atoms with E-state index in [0.29, 0.717) is 0 Å². The fraction of sp³-hybridized carbons (Fsp3) is 0.0769. The molecule has 0 unspecified atom stereocenters. The van der Waals surface area contributed by atoms with Crippen LogP contribution >= 0.6 is 0 Å². The van der Waals surface area contributed by atoms with E-state index in [1.54, 1.807) is 0 Å². The summed E-state index contributed by atoms with van der Waals surface area (Å²) in [6.07, 6.45) is -0.201. The van der Waals surface area contributed by atoms with Gasteiger partial charge in [0, 0.05) is 0 Å². The van der Waals surface area contributed by atoms with Crippen LogP contribution in [0.5, 0.6) is 0 Å². The van der Waals surface area contributed by atoms with Crippen molar-refractivity contribution in [2.24, 2.45) is 0 Å². The first-order valence-corrected chi connectivity index (χ1v) is 12.0. The summed E-state index contributed by atoms with van der Waals surface area (Å²) in [5.41, 5.74) is 4.61. The third-order valence-corrected chi connectivity index (χ3v) is 6.64. The van der Waals surface area contributed by atoms with Crippen molar-refractivity contribution in [1.82, 2.24) is 0 Å². The zero-order valence-corrected chi connectivity index (χ0v) is 18.9. The summed E-state index contributed by atoms with van der Waals surface area (Å²) in [6.45, 7) is 0. The van der Waals surface area contributed by atoms with Crippen molar-refractivity contribution in [3.8, 4) is 0 Å². The van der Waals surface area contributed by atoms with Gasteiger partial charge >= 0.3 is 184 Å². The maximum atomic E-state index is 6.44. The van der Waals surface area contributed by atoms with Crippen LogP contribution in [-0.4, -0.2) is 22.0 Å². The predicted molar refractivity (Wildman–Crippen MR) is 117 cm³/mol. The van der Waals surface area contributed by atoms with Gasteiger partial charge < -0.3 is 0 Å². The molecule has 0 amide bonds. The zero-order valence-electron chi connectivity index (χ0n) is 16.0. The molecule has 0 saturated carbocycles. The summed E-state index contributed by atoms with van der Waals surface area (Å²) in [6, 6.07) is 41.5. The van der Waals surface area contributed by atoms with E-state index < -0.39 is 22.0 Å². The Morgan fingerprint density at radius 2 is 0.621 bits per heavy atom. The molecule has 0 aromatic heterocycles. The average molecular weight is 485 g/mol. The van der Waals surface area contributed by atoms with Gasteiger partial charge in [-0.05, 0) is 0 Å². The Hall–Kier alpha value is -2.40. The van der Waals surface area contributed by atoms with E-state index in [4.69, 9.17) is 6.15 Å². The molecule has 4 rings (SSSR count). The fourth-order valence-corrected chi connectivity index (χ4v) is 5.55. The van der Waals surface area contributed by atoms with Gasteiger partial charge in [0.05, 0.1) is 0 Å². The molecule has 0 aliphatic carbocycles. The Bertz CT molecular complexity index is 814. The van der Waals surface area contributed by atoms with Gasteiger partial charge in [0.15, 0.2) is 0 Å². The minimum absolute atomic E-state index is 0.101. The molecule has 2 radical (unpaired) electrons. The van der Waals surface area contributed by atoms with Crippen molar-refractivity contribution in [2.45, 2.75) is 12.2 Å². The molecule has 0 N–H and O–H groups in total. The summed E-state index contributed by atoms with van der Waals surface area (Å²) in [5.74, 6) is 0. The summed E-state index contributed by atoms with van der Waals surface area (Å²) in [5, 5.41) is 0. The van der Waals surface area contributed by atoms with Gasteiger partial charge in [-0.2, -0.15) is 0 Å². The molecule has 2 nitrogen and oxygen atoms in total. The molecular formula is C26H22O2Sn. The molecule has 0 heterocycles. The molecule has 4 aromatic rings. The van der Waals surface area contributed by atoms with Gasteiger partial charge in [-0.1, -0.05) is 0 Å². The quantitative estimate of drug-likeness (QED) is 0.280. The van der Waals surface area contributed by atoms with Gasteiger partial charge in [-0.3, -0.25) is 0 Å². The van der Waals surface area contributed by atoms with Crippen LogP contribution in [0.3, 0.4) is 0 Å². The monoisotopic (exact) mass is 486 g/mol. The maximum absolute atomic E-state index is 6.44. The van der Waals surface area contributed by atoms with E-state index in [1.807, 2.05) is 24.3 Å². The average Bonchev–Trinajstić information content (AvgIpc) is 2.81. The number of benzene rings is 4. The standard InChI is InChI=1S/2C13H11O.Sn/c2*14-13(11-7-3-1-4-8-11)12-9-5-2-6-10-12;/h2*1-10,13H;/q2*-1;+2. The third-order valence-electron chi connectivity index (χ3n) is 4.74. The van der Waals surface area contributed by atoms with Crippen molar-refractivity contribution >= 4 is 22.0 Å². The molecule has 4 aromatic carbocycles. The van der Waals surface area contributed by atoms with Crippen LogP contribution in [-0.2, 0) is 6.15 Å². The van der Waals surface area contributed by atoms with Crippen molar-refractivity contribution < 1.29 is 6.15 Å². The summed E-state index contributed by atoms with van der Waals surface area (Å²) in [7, 11) is 0. The molecule has 0 aliphatic heterocycles. The zero-order chi connectivity index (χ0) is 19.7. The molecular weight excluding hydrogens is 463 g/mol. The first-order chi connectivity index (χ1) is 14.4. The first kappa shape index (κ1) is 19.9. The van der Waals surface area contributed by atoms with E-state index in [-0.39, 0.29) is 12.2 Å². The molecule has 0 spiro atoms. The Balaban J connectivity index is 1.53. The molecule has 0 saturated heterocycles. The number of hydrogen-bond donors (Lipinski definition) is 0. The Morgan fingerprint density at radius 1 is 0.379 bits per heavy atom. The number of rotatable bonds is 8. The van der Waals surface area contributed by atoms with Crippen LogP contribution in [0.4, 0.5) is 0 Å². The van der Waals surface area contributed by atoms with Crippen molar-refractivity contribution in [1.29, 1.82) is 0 Å². The van der Waals surface area contributed by atoms with E-state index in [0.717, 1.165) is 22.3 Å². The normalized spacial score (nSPS) is 11.1. The Morgan fingerprint density at radius 3 is 0.862 bits per heavy atom. The minimum atomic E-state index is -1.58. The van der Waals surface area contributed by atoms with E-state index in [1.165, 1.54) is 0 Å². The van der Waals surface area contributed by atoms with Crippen LogP contribution in [0.15, 0.2) is 121 Å². The van der Waals surface area contributed by atoms with Crippen LogP contribution in [0, 0.1) is 0 Å². The third kappa shape index (κ3) is 5.35. The second-order valence-corrected chi connectivity index (χ2v) is 8.54. The van der Waals surface area contributed by atoms with Gasteiger partial charge in [0.2, 0.25) is 0 Å². The van der Waals surface area contributed by atoms with Crippen LogP contribution in [0.1, 0.15) is 34.5 Å². The van der Waals surface area contributed by atoms with E-state index in [2.05, 4.69) is 97.1 Å². The molecule has 0 fully saturated rings. The van der Waals surface area contributed by atoms with Crippen LogP contribution < -0.4 is 0 Å². The van der Waals surface area contributed by atoms with Gasteiger partial charge in [0.1, 0.15) is 0 Å².